The number of para-hydroxylation sites is 2. The predicted molar refractivity (Wildman–Crippen MR) is 77.9 cm³/mol. The third kappa shape index (κ3) is 4.81. The molecule has 0 aromatic heterocycles. The molecule has 0 aliphatic heterocycles. The van der Waals surface area contributed by atoms with Crippen molar-refractivity contribution in [2.75, 3.05) is 13.7 Å². The van der Waals surface area contributed by atoms with Gasteiger partial charge in [0.1, 0.15) is 6.61 Å². The molecule has 2 rings (SSSR count). The summed E-state index contributed by atoms with van der Waals surface area (Å²) in [6, 6.07) is 17.0. The van der Waals surface area contributed by atoms with Crippen LogP contribution in [0.1, 0.15) is 5.56 Å². The Morgan fingerprint density at radius 2 is 1.57 bits per heavy atom. The Morgan fingerprint density at radius 1 is 0.952 bits per heavy atom. The first-order valence-electron chi connectivity index (χ1n) is 6.50. The minimum absolute atomic E-state index is 0.139. The first-order chi connectivity index (χ1) is 10.3. The van der Waals surface area contributed by atoms with Gasteiger partial charge in [-0.15, -0.1) is 0 Å². The van der Waals surface area contributed by atoms with Crippen molar-refractivity contribution in [3.05, 3.63) is 60.2 Å². The van der Waals surface area contributed by atoms with E-state index in [4.69, 9.17) is 9.47 Å². The second-order valence-electron chi connectivity index (χ2n) is 4.24. The molecule has 0 heterocycles. The summed E-state index contributed by atoms with van der Waals surface area (Å²) in [5.74, 6) is 0.738. The third-order valence-corrected chi connectivity index (χ3v) is 2.66. The maximum absolute atomic E-state index is 11.3. The molecule has 0 saturated carbocycles. The normalized spacial score (nSPS) is 9.95. The third-order valence-electron chi connectivity index (χ3n) is 2.66. The number of amides is 1. The van der Waals surface area contributed by atoms with Crippen LogP contribution in [0.3, 0.4) is 0 Å². The minimum atomic E-state index is -0.365. The second kappa shape index (κ2) is 7.91. The molecular weight excluding hydrogens is 270 g/mol. The first kappa shape index (κ1) is 14.9. The van der Waals surface area contributed by atoms with Crippen molar-refractivity contribution in [1.82, 2.24) is 5.48 Å². The molecule has 0 fully saturated rings. The molecule has 110 valence electrons. The topological polar surface area (TPSA) is 56.8 Å². The van der Waals surface area contributed by atoms with E-state index in [1.165, 1.54) is 7.11 Å². The van der Waals surface area contributed by atoms with Crippen molar-refractivity contribution in [3.63, 3.8) is 0 Å². The van der Waals surface area contributed by atoms with Gasteiger partial charge in [0.15, 0.2) is 18.1 Å². The number of carbonyl (C=O) groups is 1. The predicted octanol–water partition coefficient (Wildman–Crippen LogP) is 2.32. The molecule has 1 amide bonds. The number of ether oxygens (including phenoxy) is 2. The Hall–Kier alpha value is -2.53. The Bertz CT molecular complexity index is 571. The van der Waals surface area contributed by atoms with Gasteiger partial charge in [-0.3, -0.25) is 9.63 Å². The van der Waals surface area contributed by atoms with Crippen LogP contribution in [0.4, 0.5) is 0 Å². The summed E-state index contributed by atoms with van der Waals surface area (Å²) in [4.78, 5) is 15.8. The highest BCUT2D eigenvalue weighted by Gasteiger charge is 2.07. The smallest absolute Gasteiger partial charge is 0.281 e. The number of hydrogen-bond acceptors (Lipinski definition) is 4. The molecule has 2 aromatic rings. The molecule has 5 heteroatoms. The van der Waals surface area contributed by atoms with Gasteiger partial charge in [-0.25, -0.2) is 5.48 Å². The summed E-state index contributed by atoms with van der Waals surface area (Å²) in [6.07, 6.45) is 0. The van der Waals surface area contributed by atoms with Gasteiger partial charge in [-0.05, 0) is 17.7 Å². The van der Waals surface area contributed by atoms with Crippen molar-refractivity contribution >= 4 is 5.91 Å². The van der Waals surface area contributed by atoms with Gasteiger partial charge < -0.3 is 9.47 Å². The summed E-state index contributed by atoms with van der Waals surface area (Å²) < 4.78 is 11.2. The molecule has 0 radical (unpaired) electrons. The van der Waals surface area contributed by atoms with E-state index < -0.39 is 0 Å². The van der Waals surface area contributed by atoms with Crippen LogP contribution in [0.15, 0.2) is 54.6 Å². The molecule has 0 bridgehead atoms. The molecular formula is C16H17NO4. The fourth-order valence-corrected chi connectivity index (χ4v) is 1.71. The van der Waals surface area contributed by atoms with Gasteiger partial charge in [0, 0.05) is 0 Å². The van der Waals surface area contributed by atoms with Gasteiger partial charge in [0.25, 0.3) is 5.91 Å². The highest BCUT2D eigenvalue weighted by atomic mass is 16.6. The standard InChI is InChI=1S/C16H17NO4/c1-19-17-16(18)12-21-15-10-6-5-9-14(15)20-11-13-7-3-2-4-8-13/h2-10H,11-12H2,1H3,(H,17,18). The maximum atomic E-state index is 11.3. The van der Waals surface area contributed by atoms with Crippen LogP contribution in [0.25, 0.3) is 0 Å². The Labute approximate surface area is 123 Å². The van der Waals surface area contributed by atoms with Crippen molar-refractivity contribution in [2.45, 2.75) is 6.61 Å². The summed E-state index contributed by atoms with van der Waals surface area (Å²) in [7, 11) is 1.37. The zero-order chi connectivity index (χ0) is 14.9. The van der Waals surface area contributed by atoms with Gasteiger partial charge in [-0.1, -0.05) is 42.5 Å². The summed E-state index contributed by atoms with van der Waals surface area (Å²) in [5.41, 5.74) is 3.25. The number of carbonyl (C=O) groups excluding carboxylic acids is 1. The van der Waals surface area contributed by atoms with E-state index in [0.29, 0.717) is 18.1 Å². The highest BCUT2D eigenvalue weighted by molar-refractivity contribution is 5.76. The Kier molecular flexibility index (Phi) is 5.60. The molecule has 0 aliphatic rings. The van der Waals surface area contributed by atoms with E-state index in [1.807, 2.05) is 42.5 Å². The molecule has 21 heavy (non-hydrogen) atoms. The average molecular weight is 287 g/mol. The fraction of sp³-hybridized carbons (Fsp3) is 0.188. The lowest BCUT2D eigenvalue weighted by Crippen LogP contribution is -2.27. The Balaban J connectivity index is 1.95. The monoisotopic (exact) mass is 287 g/mol. The maximum Gasteiger partial charge on any atom is 0.281 e. The molecule has 0 atom stereocenters. The van der Waals surface area contributed by atoms with Gasteiger partial charge >= 0.3 is 0 Å². The lowest BCUT2D eigenvalue weighted by molar-refractivity contribution is -0.133. The number of hydroxylamine groups is 1. The Morgan fingerprint density at radius 3 is 2.24 bits per heavy atom. The van der Waals surface area contributed by atoms with Crippen LogP contribution in [-0.2, 0) is 16.2 Å². The number of nitrogens with one attached hydrogen (secondary N) is 1. The number of benzene rings is 2. The van der Waals surface area contributed by atoms with Gasteiger partial charge in [0.2, 0.25) is 0 Å². The van der Waals surface area contributed by atoms with E-state index in [9.17, 15) is 4.79 Å². The van der Waals surface area contributed by atoms with E-state index >= 15 is 0 Å². The van der Waals surface area contributed by atoms with E-state index in [1.54, 1.807) is 12.1 Å². The van der Waals surface area contributed by atoms with Crippen molar-refractivity contribution < 1.29 is 19.1 Å². The molecule has 2 aromatic carbocycles. The largest absolute Gasteiger partial charge is 0.485 e. The quantitative estimate of drug-likeness (QED) is 0.794. The van der Waals surface area contributed by atoms with Crippen LogP contribution in [0, 0.1) is 0 Å². The van der Waals surface area contributed by atoms with E-state index in [0.717, 1.165) is 5.56 Å². The second-order valence-corrected chi connectivity index (χ2v) is 4.24. The number of rotatable bonds is 7. The molecule has 1 N–H and O–H groups in total. The minimum Gasteiger partial charge on any atom is -0.485 e. The van der Waals surface area contributed by atoms with Crippen LogP contribution in [0.2, 0.25) is 0 Å². The van der Waals surface area contributed by atoms with Crippen LogP contribution in [0.5, 0.6) is 11.5 Å². The van der Waals surface area contributed by atoms with E-state index in [2.05, 4.69) is 10.3 Å². The van der Waals surface area contributed by atoms with Crippen molar-refractivity contribution in [3.8, 4) is 11.5 Å². The average Bonchev–Trinajstić information content (AvgIpc) is 2.53. The van der Waals surface area contributed by atoms with Crippen LogP contribution >= 0.6 is 0 Å². The summed E-state index contributed by atoms with van der Waals surface area (Å²) >= 11 is 0. The van der Waals surface area contributed by atoms with Crippen LogP contribution in [-0.4, -0.2) is 19.6 Å². The van der Waals surface area contributed by atoms with Crippen LogP contribution < -0.4 is 15.0 Å². The van der Waals surface area contributed by atoms with Crippen molar-refractivity contribution in [2.24, 2.45) is 0 Å². The van der Waals surface area contributed by atoms with Gasteiger partial charge in [0.05, 0.1) is 7.11 Å². The molecule has 0 spiro atoms. The lowest BCUT2D eigenvalue weighted by Gasteiger charge is -2.12. The van der Waals surface area contributed by atoms with E-state index in [-0.39, 0.29) is 12.5 Å². The molecule has 5 nitrogen and oxygen atoms in total. The zero-order valence-electron chi connectivity index (χ0n) is 11.7. The summed E-state index contributed by atoms with van der Waals surface area (Å²) in [5, 5.41) is 0. The van der Waals surface area contributed by atoms with Gasteiger partial charge in [-0.2, -0.15) is 0 Å². The van der Waals surface area contributed by atoms with Crippen molar-refractivity contribution in [1.29, 1.82) is 0 Å². The fourth-order valence-electron chi connectivity index (χ4n) is 1.71. The SMILES string of the molecule is CONC(=O)COc1ccccc1OCc1ccccc1. The highest BCUT2D eigenvalue weighted by Crippen LogP contribution is 2.27. The number of hydrogen-bond donors (Lipinski definition) is 1. The first-order valence-corrected chi connectivity index (χ1v) is 6.50. The summed E-state index contributed by atoms with van der Waals surface area (Å²) in [6.45, 7) is 0.297. The lowest BCUT2D eigenvalue weighted by atomic mass is 10.2. The molecule has 0 aliphatic carbocycles. The molecule has 0 saturated heterocycles. The molecule has 0 unspecified atom stereocenters. The zero-order valence-corrected chi connectivity index (χ0v) is 11.7.